The predicted molar refractivity (Wildman–Crippen MR) is 358 cm³/mol. The molecule has 22 heteroatoms. The normalized spacial score (nSPS) is 11.8. The summed E-state index contributed by atoms with van der Waals surface area (Å²) in [5, 5.41) is 55.2. The molecule has 0 aromatic carbocycles. The molecule has 0 saturated heterocycles. The Kier molecular flexibility index (Phi) is 73.8. The van der Waals surface area contributed by atoms with E-state index >= 15 is 0 Å². The second-order valence-electron chi connectivity index (χ2n) is 26.4. The number of aliphatic carboxylic acids is 5. The van der Waals surface area contributed by atoms with Crippen LogP contribution in [0.15, 0.2) is 0 Å². The number of hydrogen-bond donors (Lipinski definition) is 1. The van der Waals surface area contributed by atoms with Gasteiger partial charge in [0.25, 0.3) is 0 Å². The Balaban J connectivity index is -0.0000423. The van der Waals surface area contributed by atoms with Gasteiger partial charge in [0.2, 0.25) is 0 Å². The maximum absolute atomic E-state index is 13.3. The molecule has 0 aromatic heterocycles. The molecule has 1 radical (unpaired) electrons. The molecule has 1 N–H and O–H groups in total. The molecule has 0 aromatic rings. The number of nitrogens with zero attached hydrogens (tertiary/aromatic N) is 3. The fourth-order valence-corrected chi connectivity index (χ4v) is 12.4. The van der Waals surface area contributed by atoms with Crippen LogP contribution in [0.1, 0.15) is 316 Å². The number of carbonyl (C=O) groups excluding carboxylic acids is 6. The molecule has 0 aliphatic carbocycles. The van der Waals surface area contributed by atoms with Gasteiger partial charge in [-0.05, 0) is 19.3 Å². The minimum Gasteiger partial charge on any atom is -0.549 e. The Morgan fingerprint density at radius 2 is 0.611 bits per heavy atom. The topological polar surface area (TPSA) is 288 Å². The summed E-state index contributed by atoms with van der Waals surface area (Å²) in [5.74, 6) is -8.98. The van der Waals surface area contributed by atoms with Crippen LogP contribution < -0.4 is 50.0 Å². The monoisotopic (exact) mass is 1500 g/mol. The zero-order valence-corrected chi connectivity index (χ0v) is 64.7. The van der Waals surface area contributed by atoms with Gasteiger partial charge in [-0.15, -0.1) is 0 Å². The number of esters is 1. The van der Waals surface area contributed by atoms with Crippen LogP contribution in [-0.4, -0.2) is 166 Å². The molecular formula is C73H133GdN3NaO17. The van der Waals surface area contributed by atoms with E-state index in [4.69, 9.17) is 23.7 Å². The molecule has 0 amide bonds. The third-order valence-corrected chi connectivity index (χ3v) is 17.9. The van der Waals surface area contributed by atoms with Crippen molar-refractivity contribution in [1.82, 2.24) is 14.7 Å². The van der Waals surface area contributed by atoms with Crippen LogP contribution in [0.5, 0.6) is 0 Å². The Labute approximate surface area is 630 Å². The number of unbranched alkanes of at least 4 members (excludes halogenated alkanes) is 39. The summed E-state index contributed by atoms with van der Waals surface area (Å²) in [6.07, 6.45) is 56.8. The molecule has 0 aliphatic heterocycles. The van der Waals surface area contributed by atoms with Gasteiger partial charge >= 0.3 is 87.6 Å². The molecule has 0 fully saturated rings. The molecule has 1 unspecified atom stereocenters. The molecule has 0 heterocycles. The number of carboxylic acid groups (broad SMARTS) is 5. The second-order valence-corrected chi connectivity index (χ2v) is 26.4. The van der Waals surface area contributed by atoms with E-state index in [1.54, 1.807) is 0 Å². The largest absolute Gasteiger partial charge is 3.00 e. The maximum Gasteiger partial charge on any atom is 3.00 e. The van der Waals surface area contributed by atoms with Crippen molar-refractivity contribution in [1.29, 1.82) is 0 Å². The van der Waals surface area contributed by atoms with E-state index in [-0.39, 0.29) is 141 Å². The first-order chi connectivity index (χ1) is 45.1. The smallest absolute Gasteiger partial charge is 0.549 e. The second kappa shape index (κ2) is 72.0. The quantitative estimate of drug-likeness (QED) is 0.0342. The van der Waals surface area contributed by atoms with Crippen LogP contribution in [0.3, 0.4) is 0 Å². The minimum atomic E-state index is -1.65. The Hall–Kier alpha value is -1.79. The zero-order valence-electron chi connectivity index (χ0n) is 60.4. The van der Waals surface area contributed by atoms with Crippen molar-refractivity contribution in [3.05, 3.63) is 0 Å². The van der Waals surface area contributed by atoms with E-state index in [0.717, 1.165) is 53.2 Å². The fraction of sp³-hybridized carbons (Fsp3) is 0.904. The van der Waals surface area contributed by atoms with Crippen LogP contribution in [0.4, 0.5) is 4.79 Å². The van der Waals surface area contributed by atoms with Gasteiger partial charge in [-0.2, -0.15) is 0 Å². The minimum absolute atomic E-state index is 0. The number of ether oxygens (including phenoxy) is 5. The van der Waals surface area contributed by atoms with Gasteiger partial charge in [0, 0.05) is 57.8 Å². The van der Waals surface area contributed by atoms with Gasteiger partial charge in [-0.3, -0.25) is 24.3 Å². The first-order valence-corrected chi connectivity index (χ1v) is 37.4. The molecule has 0 aliphatic rings. The molecule has 551 valence electrons. The molecule has 20 nitrogen and oxygen atoms in total. The van der Waals surface area contributed by atoms with Gasteiger partial charge in [-0.1, -0.05) is 290 Å². The van der Waals surface area contributed by atoms with Gasteiger partial charge in [0.05, 0.1) is 56.7 Å². The van der Waals surface area contributed by atoms with E-state index in [1.165, 1.54) is 250 Å². The molecule has 1 atom stereocenters. The van der Waals surface area contributed by atoms with Crippen molar-refractivity contribution in [3.8, 4) is 0 Å². The first-order valence-electron chi connectivity index (χ1n) is 37.4. The van der Waals surface area contributed by atoms with E-state index in [0.29, 0.717) is 6.61 Å². The van der Waals surface area contributed by atoms with Crippen LogP contribution in [0, 0.1) is 45.4 Å². The van der Waals surface area contributed by atoms with Gasteiger partial charge in [0.1, 0.15) is 25.9 Å². The van der Waals surface area contributed by atoms with Crippen LogP contribution in [0.25, 0.3) is 0 Å². The van der Waals surface area contributed by atoms with Crippen molar-refractivity contribution < 1.29 is 152 Å². The number of hydrogen-bond acceptors (Lipinski definition) is 19. The van der Waals surface area contributed by atoms with Crippen molar-refractivity contribution >= 4 is 42.0 Å². The molecule has 95 heavy (non-hydrogen) atoms. The molecule has 0 saturated carbocycles. The van der Waals surface area contributed by atoms with Crippen molar-refractivity contribution in [3.63, 3.8) is 0 Å². The van der Waals surface area contributed by atoms with Gasteiger partial charge < -0.3 is 68.4 Å². The van der Waals surface area contributed by atoms with Gasteiger partial charge in [-0.25, -0.2) is 4.79 Å². The summed E-state index contributed by atoms with van der Waals surface area (Å²) >= 11 is 0. The van der Waals surface area contributed by atoms with E-state index < -0.39 is 80.6 Å². The maximum atomic E-state index is 13.3. The van der Waals surface area contributed by atoms with Crippen LogP contribution in [0.2, 0.25) is 0 Å². The summed E-state index contributed by atoms with van der Waals surface area (Å²) in [6, 6.07) is -1.65. The van der Waals surface area contributed by atoms with Crippen molar-refractivity contribution in [2.24, 2.45) is 5.41 Å². The SMILES string of the molecule is CCCCCCCCCCCCCCCCC(CCCCCCCCCCCCCCCC)(CCCCCCCCCCCCCCCC)COC(=O)OCCOCCOCCOC(=O)CC(C(=O)O)N(CCN(CC(=O)[O-])CC(=O)[O-])CCN(CC(=O)[O-])CC(=O)[O-].[Gd+3].[Na+]. The predicted octanol–water partition coefficient (Wildman–Crippen LogP) is 8.07. The van der Waals surface area contributed by atoms with Crippen LogP contribution in [-0.2, 0) is 52.5 Å². The average Bonchev–Trinajstić information content (AvgIpc) is 1.04. The average molecular weight is 1510 g/mol. The number of rotatable bonds is 74. The van der Waals surface area contributed by atoms with Crippen LogP contribution >= 0.6 is 0 Å². The van der Waals surface area contributed by atoms with E-state index in [1.807, 2.05) is 0 Å². The molecular weight excluding hydrogens is 1370 g/mol. The van der Waals surface area contributed by atoms with Crippen molar-refractivity contribution in [2.45, 2.75) is 322 Å². The number of carbonyl (C=O) groups is 7. The third kappa shape index (κ3) is 66.5. The third-order valence-electron chi connectivity index (χ3n) is 17.9. The van der Waals surface area contributed by atoms with Gasteiger partial charge in [0.15, 0.2) is 0 Å². The Morgan fingerprint density at radius 1 is 0.358 bits per heavy atom. The zero-order chi connectivity index (χ0) is 68.5. The summed E-state index contributed by atoms with van der Waals surface area (Å²) in [7, 11) is 0. The standard InChI is InChI=1S/C73H137N3O17.Gd.Na/c1-4-7-10-13-16-19-22-25-28-31-34-37-40-43-46-73(47-44-41-38-35-32-29-26-23-20-17-14-11-8-5-2,48-45-42-39-36-33-30-27-24-21-18-15-12-9-6-3)64-93-72(88)92-58-56-90-54-53-89-55-57-91-70(85)59-65(71(86)87)76(51-49-74(60-66(77)78)61-67(79)80)52-50-75(62-68(81)82)63-69(83)84;;/h65H,4-64H2,1-3H3,(H,77,78)(H,79,80)(H,81,82)(H,83,84)(H,86,87);;/q;+3;+1/p-4. The summed E-state index contributed by atoms with van der Waals surface area (Å²) in [6.45, 7) is 2.27. The number of carboxylic acids is 5. The summed E-state index contributed by atoms with van der Waals surface area (Å²) < 4.78 is 28.0. The molecule has 0 spiro atoms. The van der Waals surface area contributed by atoms with E-state index in [9.17, 15) is 59.1 Å². The molecule has 0 rings (SSSR count). The van der Waals surface area contributed by atoms with Crippen molar-refractivity contribution in [2.75, 3.05) is 98.6 Å². The Bertz CT molecular complexity index is 1680. The molecule has 0 bridgehead atoms. The Morgan fingerprint density at radius 3 is 0.874 bits per heavy atom. The van der Waals surface area contributed by atoms with E-state index in [2.05, 4.69) is 20.8 Å². The summed E-state index contributed by atoms with van der Waals surface area (Å²) in [4.78, 5) is 86.7. The summed E-state index contributed by atoms with van der Waals surface area (Å²) in [5.41, 5.74) is -0.0900. The fourth-order valence-electron chi connectivity index (χ4n) is 12.4. The first kappa shape index (κ1) is 97.4.